The smallest absolute Gasteiger partial charge is 0.407 e. The van der Waals surface area contributed by atoms with Crippen LogP contribution >= 0.6 is 24.0 Å². The number of aliphatic imine (C=N–C) groups is 1. The van der Waals surface area contributed by atoms with Crippen molar-refractivity contribution in [3.8, 4) is 0 Å². The molecule has 0 aliphatic heterocycles. The quantitative estimate of drug-likeness (QED) is 0.232. The number of nitrogens with one attached hydrogen (secondary N) is 3. The molecule has 7 nitrogen and oxygen atoms in total. The number of nitrogens with zero attached hydrogens (tertiary/aromatic N) is 2. The summed E-state index contributed by atoms with van der Waals surface area (Å²) in [6.45, 7) is 6.86. The van der Waals surface area contributed by atoms with Crippen LogP contribution in [0.5, 0.6) is 0 Å². The van der Waals surface area contributed by atoms with Crippen molar-refractivity contribution in [2.75, 3.05) is 33.8 Å². The van der Waals surface area contributed by atoms with E-state index in [1.807, 2.05) is 13.0 Å². The molecule has 0 heterocycles. The summed E-state index contributed by atoms with van der Waals surface area (Å²) in [6, 6.07) is 11.1. The maximum Gasteiger partial charge on any atom is 0.407 e. The molecule has 1 aliphatic rings. The molecule has 2 rings (SSSR count). The van der Waals surface area contributed by atoms with E-state index in [1.165, 1.54) is 5.56 Å². The number of carbonyl (C=O) groups excluding carboxylic acids is 1. The summed E-state index contributed by atoms with van der Waals surface area (Å²) in [7, 11) is 3.93. The molecule has 1 aliphatic carbocycles. The molecule has 0 bridgehead atoms. The molecule has 0 aromatic heterocycles. The van der Waals surface area contributed by atoms with Crippen molar-refractivity contribution in [3.05, 3.63) is 35.9 Å². The van der Waals surface area contributed by atoms with Gasteiger partial charge in [-0.15, -0.1) is 24.0 Å². The van der Waals surface area contributed by atoms with Crippen molar-refractivity contribution in [2.24, 2.45) is 10.9 Å². The first-order valence-corrected chi connectivity index (χ1v) is 10.7. The minimum Gasteiger partial charge on any atom is -0.450 e. The number of hydrogen-bond donors (Lipinski definition) is 3. The lowest BCUT2D eigenvalue weighted by Gasteiger charge is -2.25. The molecule has 1 aromatic carbocycles. The van der Waals surface area contributed by atoms with Gasteiger partial charge in [-0.3, -0.25) is 9.89 Å². The third-order valence-electron chi connectivity index (χ3n) is 5.36. The van der Waals surface area contributed by atoms with E-state index in [4.69, 9.17) is 4.74 Å². The Bertz CT molecular complexity index is 640. The zero-order valence-electron chi connectivity index (χ0n) is 18.7. The highest BCUT2D eigenvalue weighted by atomic mass is 127. The molecule has 30 heavy (non-hydrogen) atoms. The Hall–Kier alpha value is -1.55. The highest BCUT2D eigenvalue weighted by Crippen LogP contribution is 2.32. The van der Waals surface area contributed by atoms with Crippen LogP contribution in [-0.4, -0.2) is 62.8 Å². The average Bonchev–Trinajstić information content (AvgIpc) is 3.55. The molecule has 0 saturated heterocycles. The lowest BCUT2D eigenvalue weighted by atomic mass is 10.1. The SMILES string of the molecule is CCOC(=O)NC(CNC(=NC)NCCC(C)N(C)Cc1ccccc1)C1CC1.I. The number of ether oxygens (including phenoxy) is 1. The van der Waals surface area contributed by atoms with Crippen LogP contribution in [0.3, 0.4) is 0 Å². The van der Waals surface area contributed by atoms with Crippen molar-refractivity contribution < 1.29 is 9.53 Å². The van der Waals surface area contributed by atoms with Crippen LogP contribution in [0.2, 0.25) is 0 Å². The van der Waals surface area contributed by atoms with E-state index in [9.17, 15) is 4.79 Å². The molecule has 2 unspecified atom stereocenters. The lowest BCUT2D eigenvalue weighted by molar-refractivity contribution is 0.146. The zero-order chi connectivity index (χ0) is 21.1. The number of alkyl carbamates (subject to hydrolysis) is 1. The number of benzene rings is 1. The van der Waals surface area contributed by atoms with Gasteiger partial charge in [0.25, 0.3) is 0 Å². The maximum absolute atomic E-state index is 11.7. The van der Waals surface area contributed by atoms with Crippen LogP contribution < -0.4 is 16.0 Å². The van der Waals surface area contributed by atoms with Crippen LogP contribution in [0.25, 0.3) is 0 Å². The van der Waals surface area contributed by atoms with Gasteiger partial charge >= 0.3 is 6.09 Å². The normalized spacial score (nSPS) is 15.7. The van der Waals surface area contributed by atoms with E-state index in [-0.39, 0.29) is 36.1 Å². The third kappa shape index (κ3) is 9.97. The van der Waals surface area contributed by atoms with Crippen LogP contribution in [0.15, 0.2) is 35.3 Å². The first-order chi connectivity index (χ1) is 14.0. The second-order valence-corrected chi connectivity index (χ2v) is 7.73. The standard InChI is InChI=1S/C22H37N5O2.HI/c1-5-29-22(28)26-20(19-11-12-19)15-25-21(23-3)24-14-13-17(2)27(4)16-18-9-7-6-8-10-18;/h6-10,17,19-20H,5,11-16H2,1-4H3,(H,26,28)(H2,23,24,25);1H. The first kappa shape index (κ1) is 26.5. The van der Waals surface area contributed by atoms with Gasteiger partial charge in [0.2, 0.25) is 0 Å². The summed E-state index contributed by atoms with van der Waals surface area (Å²) < 4.78 is 5.01. The third-order valence-corrected chi connectivity index (χ3v) is 5.36. The van der Waals surface area contributed by atoms with E-state index in [1.54, 1.807) is 7.05 Å². The van der Waals surface area contributed by atoms with Crippen LogP contribution in [-0.2, 0) is 11.3 Å². The minimum atomic E-state index is -0.343. The summed E-state index contributed by atoms with van der Waals surface area (Å²) >= 11 is 0. The summed E-state index contributed by atoms with van der Waals surface area (Å²) in [6.07, 6.45) is 2.97. The van der Waals surface area contributed by atoms with E-state index >= 15 is 0 Å². The van der Waals surface area contributed by atoms with E-state index in [2.05, 4.69) is 64.1 Å². The van der Waals surface area contributed by atoms with Crippen molar-refractivity contribution in [2.45, 2.75) is 51.7 Å². The lowest BCUT2D eigenvalue weighted by Crippen LogP contribution is -2.48. The Morgan fingerprint density at radius 3 is 2.57 bits per heavy atom. The number of halogens is 1. The predicted molar refractivity (Wildman–Crippen MR) is 133 cm³/mol. The van der Waals surface area contributed by atoms with Crippen LogP contribution in [0.4, 0.5) is 4.79 Å². The first-order valence-electron chi connectivity index (χ1n) is 10.7. The van der Waals surface area contributed by atoms with Crippen molar-refractivity contribution in [1.29, 1.82) is 0 Å². The number of hydrogen-bond acceptors (Lipinski definition) is 4. The predicted octanol–water partition coefficient (Wildman–Crippen LogP) is 3.20. The summed E-state index contributed by atoms with van der Waals surface area (Å²) in [5.41, 5.74) is 1.33. The van der Waals surface area contributed by atoms with Gasteiger partial charge in [-0.25, -0.2) is 4.79 Å². The van der Waals surface area contributed by atoms with Crippen molar-refractivity contribution >= 4 is 36.0 Å². The Labute approximate surface area is 198 Å². The van der Waals surface area contributed by atoms with Gasteiger partial charge in [-0.1, -0.05) is 30.3 Å². The molecule has 1 saturated carbocycles. The van der Waals surface area contributed by atoms with Gasteiger partial charge in [0, 0.05) is 32.7 Å². The molecular weight excluding hydrogens is 493 g/mol. The summed E-state index contributed by atoms with van der Waals surface area (Å²) in [5.74, 6) is 1.29. The molecule has 8 heteroatoms. The highest BCUT2D eigenvalue weighted by Gasteiger charge is 2.32. The molecule has 3 N–H and O–H groups in total. The number of amides is 1. The van der Waals surface area contributed by atoms with Gasteiger partial charge < -0.3 is 20.7 Å². The van der Waals surface area contributed by atoms with Gasteiger partial charge in [-0.2, -0.15) is 0 Å². The number of guanidine groups is 1. The van der Waals surface area contributed by atoms with E-state index < -0.39 is 0 Å². The highest BCUT2D eigenvalue weighted by molar-refractivity contribution is 14.0. The Morgan fingerprint density at radius 1 is 1.27 bits per heavy atom. The zero-order valence-corrected chi connectivity index (χ0v) is 21.0. The van der Waals surface area contributed by atoms with Crippen molar-refractivity contribution in [3.63, 3.8) is 0 Å². The molecule has 0 spiro atoms. The average molecular weight is 531 g/mol. The fourth-order valence-electron chi connectivity index (χ4n) is 3.23. The van der Waals surface area contributed by atoms with Gasteiger partial charge in [0.05, 0.1) is 12.6 Å². The second kappa shape index (κ2) is 14.5. The molecular formula is C22H38IN5O2. The molecule has 0 radical (unpaired) electrons. The summed E-state index contributed by atoms with van der Waals surface area (Å²) in [4.78, 5) is 18.4. The Balaban J connectivity index is 0.00000450. The molecule has 1 aromatic rings. The van der Waals surface area contributed by atoms with Crippen LogP contribution in [0, 0.1) is 5.92 Å². The van der Waals surface area contributed by atoms with Gasteiger partial charge in [0.1, 0.15) is 0 Å². The van der Waals surface area contributed by atoms with E-state index in [0.29, 0.717) is 25.1 Å². The van der Waals surface area contributed by atoms with Gasteiger partial charge in [-0.05, 0) is 51.6 Å². The largest absolute Gasteiger partial charge is 0.450 e. The summed E-state index contributed by atoms with van der Waals surface area (Å²) in [5, 5.41) is 9.68. The number of carbonyl (C=O) groups is 1. The van der Waals surface area contributed by atoms with E-state index in [0.717, 1.165) is 38.3 Å². The topological polar surface area (TPSA) is 78.0 Å². The van der Waals surface area contributed by atoms with Crippen LogP contribution in [0.1, 0.15) is 38.7 Å². The number of rotatable bonds is 11. The second-order valence-electron chi connectivity index (χ2n) is 7.73. The van der Waals surface area contributed by atoms with Crippen molar-refractivity contribution in [1.82, 2.24) is 20.9 Å². The molecule has 2 atom stereocenters. The Morgan fingerprint density at radius 2 is 1.97 bits per heavy atom. The fraction of sp³-hybridized carbons (Fsp3) is 0.636. The molecule has 170 valence electrons. The van der Waals surface area contributed by atoms with Gasteiger partial charge in [0.15, 0.2) is 5.96 Å². The fourth-order valence-corrected chi connectivity index (χ4v) is 3.23. The maximum atomic E-state index is 11.7. The molecule has 1 amide bonds. The monoisotopic (exact) mass is 531 g/mol. The molecule has 1 fully saturated rings. The minimum absolute atomic E-state index is 0. The Kier molecular flexibility index (Phi) is 12.8.